The van der Waals surface area contributed by atoms with Crippen LogP contribution in [-0.2, 0) is 25.6 Å². The average Bonchev–Trinajstić information content (AvgIpc) is 3.24. The highest BCUT2D eigenvalue weighted by molar-refractivity contribution is 6.10. The Morgan fingerprint density at radius 2 is 1.87 bits per heavy atom. The Labute approximate surface area is 132 Å². The molecule has 7 heteroatoms. The van der Waals surface area contributed by atoms with Gasteiger partial charge in [-0.15, -0.1) is 0 Å². The van der Waals surface area contributed by atoms with Crippen LogP contribution in [0.1, 0.15) is 24.8 Å². The van der Waals surface area contributed by atoms with Gasteiger partial charge in [0.1, 0.15) is 5.41 Å². The van der Waals surface area contributed by atoms with Gasteiger partial charge in [0.15, 0.2) is 0 Å². The second-order valence-corrected chi connectivity index (χ2v) is 6.06. The lowest BCUT2D eigenvalue weighted by atomic mass is 9.98. The number of nitrogens with one attached hydrogen (secondary N) is 2. The molecule has 0 aromatic heterocycles. The van der Waals surface area contributed by atoms with Gasteiger partial charge in [0, 0.05) is 12.1 Å². The van der Waals surface area contributed by atoms with Gasteiger partial charge < -0.3 is 10.4 Å². The van der Waals surface area contributed by atoms with Crippen LogP contribution in [0.25, 0.3) is 0 Å². The zero-order valence-electron chi connectivity index (χ0n) is 12.3. The minimum absolute atomic E-state index is 0.193. The number of aliphatic carboxylic acids is 1. The summed E-state index contributed by atoms with van der Waals surface area (Å²) in [5, 5.41) is 14.0. The van der Waals surface area contributed by atoms with E-state index < -0.39 is 17.3 Å². The summed E-state index contributed by atoms with van der Waals surface area (Å²) in [5.74, 6) is -2.47. The van der Waals surface area contributed by atoms with E-state index >= 15 is 0 Å². The van der Waals surface area contributed by atoms with Crippen molar-refractivity contribution in [3.05, 3.63) is 29.8 Å². The minimum Gasteiger partial charge on any atom is -0.480 e. The Hall–Kier alpha value is -2.70. The van der Waals surface area contributed by atoms with Crippen molar-refractivity contribution in [2.24, 2.45) is 11.3 Å². The van der Waals surface area contributed by atoms with E-state index in [0.29, 0.717) is 24.9 Å². The van der Waals surface area contributed by atoms with Crippen molar-refractivity contribution in [2.45, 2.75) is 25.7 Å². The first-order valence-corrected chi connectivity index (χ1v) is 7.38. The first-order chi connectivity index (χ1) is 10.9. The van der Waals surface area contributed by atoms with E-state index in [1.54, 1.807) is 24.3 Å². The molecule has 2 aliphatic rings. The summed E-state index contributed by atoms with van der Waals surface area (Å²) < 4.78 is 0. The van der Waals surface area contributed by atoms with Crippen LogP contribution in [-0.4, -0.2) is 28.8 Å². The summed E-state index contributed by atoms with van der Waals surface area (Å²) in [7, 11) is 0. The fraction of sp³-hybridized carbons (Fsp3) is 0.375. The van der Waals surface area contributed by atoms with Gasteiger partial charge in [-0.25, -0.2) is 0 Å². The monoisotopic (exact) mass is 316 g/mol. The SMILES string of the molecule is O=C1CC(Cc2ccc(NC(=O)C3(C(=O)O)CC3)cc2)C(=O)N1. The fourth-order valence-electron chi connectivity index (χ4n) is 2.69. The van der Waals surface area contributed by atoms with Crippen LogP contribution in [0.15, 0.2) is 24.3 Å². The molecule has 1 aromatic carbocycles. The molecule has 7 nitrogen and oxygen atoms in total. The molecule has 0 bridgehead atoms. The summed E-state index contributed by atoms with van der Waals surface area (Å²) in [6.07, 6.45) is 1.36. The van der Waals surface area contributed by atoms with Crippen molar-refractivity contribution in [1.29, 1.82) is 0 Å². The molecule has 3 amide bonds. The Balaban J connectivity index is 1.61. The van der Waals surface area contributed by atoms with E-state index in [1.807, 2.05) is 0 Å². The first kappa shape index (κ1) is 15.2. The Bertz CT molecular complexity index is 691. The quantitative estimate of drug-likeness (QED) is 0.546. The molecule has 1 atom stereocenters. The standard InChI is InChI=1S/C16H16N2O5/c19-12-8-10(13(20)18-12)7-9-1-3-11(4-2-9)17-14(21)16(5-6-16)15(22)23/h1-4,10H,5-8H2,(H,17,21)(H,22,23)(H,18,19,20). The number of carboxylic acid groups (broad SMARTS) is 1. The fourth-order valence-corrected chi connectivity index (χ4v) is 2.69. The van der Waals surface area contributed by atoms with Crippen molar-refractivity contribution in [3.63, 3.8) is 0 Å². The van der Waals surface area contributed by atoms with E-state index in [2.05, 4.69) is 10.6 Å². The number of anilines is 1. The number of imide groups is 1. The molecule has 3 rings (SSSR count). The lowest BCUT2D eigenvalue weighted by Crippen LogP contribution is -2.31. The maximum Gasteiger partial charge on any atom is 0.319 e. The van der Waals surface area contributed by atoms with Gasteiger partial charge in [-0.05, 0) is 37.0 Å². The maximum absolute atomic E-state index is 12.0. The molecule has 23 heavy (non-hydrogen) atoms. The summed E-state index contributed by atoms with van der Waals surface area (Å²) in [6, 6.07) is 6.84. The van der Waals surface area contributed by atoms with Crippen molar-refractivity contribution in [2.75, 3.05) is 5.32 Å². The molecule has 1 unspecified atom stereocenters. The molecule has 120 valence electrons. The Morgan fingerprint density at radius 3 is 2.35 bits per heavy atom. The number of hydrogen-bond acceptors (Lipinski definition) is 4. The second-order valence-electron chi connectivity index (χ2n) is 6.06. The number of rotatable bonds is 5. The highest BCUT2D eigenvalue weighted by Gasteiger charge is 2.57. The molecule has 1 saturated carbocycles. The number of carbonyl (C=O) groups is 4. The van der Waals surface area contributed by atoms with Gasteiger partial charge in [-0.1, -0.05) is 12.1 Å². The summed E-state index contributed by atoms with van der Waals surface area (Å²) in [5.41, 5.74) is 0.108. The van der Waals surface area contributed by atoms with Crippen LogP contribution in [0, 0.1) is 11.3 Å². The lowest BCUT2D eigenvalue weighted by molar-refractivity contribution is -0.147. The summed E-state index contributed by atoms with van der Waals surface area (Å²) >= 11 is 0. The molecule has 0 spiro atoms. The zero-order chi connectivity index (χ0) is 16.6. The Kier molecular flexibility index (Phi) is 3.63. The topological polar surface area (TPSA) is 113 Å². The molecule has 1 aliphatic carbocycles. The summed E-state index contributed by atoms with van der Waals surface area (Å²) in [6.45, 7) is 0. The number of carbonyl (C=O) groups excluding carboxylic acids is 3. The number of hydrogen-bond donors (Lipinski definition) is 3. The van der Waals surface area contributed by atoms with Gasteiger partial charge in [0.2, 0.25) is 17.7 Å². The molecule has 0 radical (unpaired) electrons. The van der Waals surface area contributed by atoms with Gasteiger partial charge in [0.25, 0.3) is 0 Å². The predicted octanol–water partition coefficient (Wildman–Crippen LogP) is 0.695. The van der Waals surface area contributed by atoms with Crippen molar-refractivity contribution >= 4 is 29.4 Å². The van der Waals surface area contributed by atoms with Crippen LogP contribution < -0.4 is 10.6 Å². The number of amides is 3. The molecule has 2 fully saturated rings. The molecular weight excluding hydrogens is 300 g/mol. The third kappa shape index (κ3) is 2.94. The van der Waals surface area contributed by atoms with E-state index in [4.69, 9.17) is 5.11 Å². The van der Waals surface area contributed by atoms with Gasteiger partial charge in [-0.3, -0.25) is 24.5 Å². The first-order valence-electron chi connectivity index (χ1n) is 7.38. The number of benzene rings is 1. The van der Waals surface area contributed by atoms with Crippen LogP contribution >= 0.6 is 0 Å². The molecule has 1 saturated heterocycles. The molecule has 1 heterocycles. The molecule has 1 aromatic rings. The average molecular weight is 316 g/mol. The van der Waals surface area contributed by atoms with Crippen molar-refractivity contribution in [3.8, 4) is 0 Å². The maximum atomic E-state index is 12.0. The van der Waals surface area contributed by atoms with E-state index in [1.165, 1.54) is 0 Å². The highest BCUT2D eigenvalue weighted by Crippen LogP contribution is 2.46. The van der Waals surface area contributed by atoms with Gasteiger partial charge in [0.05, 0.1) is 5.92 Å². The Morgan fingerprint density at radius 1 is 1.22 bits per heavy atom. The van der Waals surface area contributed by atoms with E-state index in [9.17, 15) is 19.2 Å². The van der Waals surface area contributed by atoms with E-state index in [-0.39, 0.29) is 24.2 Å². The predicted molar refractivity (Wildman–Crippen MR) is 79.3 cm³/mol. The third-order valence-corrected chi connectivity index (χ3v) is 4.35. The largest absolute Gasteiger partial charge is 0.480 e. The molecule has 3 N–H and O–H groups in total. The van der Waals surface area contributed by atoms with Crippen LogP contribution in [0.5, 0.6) is 0 Å². The highest BCUT2D eigenvalue weighted by atomic mass is 16.4. The van der Waals surface area contributed by atoms with Crippen LogP contribution in [0.4, 0.5) is 5.69 Å². The molecule has 1 aliphatic heterocycles. The third-order valence-electron chi connectivity index (χ3n) is 4.35. The van der Waals surface area contributed by atoms with E-state index in [0.717, 1.165) is 5.56 Å². The zero-order valence-corrected chi connectivity index (χ0v) is 12.3. The van der Waals surface area contributed by atoms with Crippen LogP contribution in [0.2, 0.25) is 0 Å². The van der Waals surface area contributed by atoms with Gasteiger partial charge in [-0.2, -0.15) is 0 Å². The van der Waals surface area contributed by atoms with Crippen molar-refractivity contribution < 1.29 is 24.3 Å². The van der Waals surface area contributed by atoms with Gasteiger partial charge >= 0.3 is 5.97 Å². The number of carboxylic acids is 1. The molecular formula is C16H16N2O5. The smallest absolute Gasteiger partial charge is 0.319 e. The summed E-state index contributed by atoms with van der Waals surface area (Å²) in [4.78, 5) is 45.8. The lowest BCUT2D eigenvalue weighted by Gasteiger charge is -2.12. The normalized spacial score (nSPS) is 21.7. The second kappa shape index (κ2) is 5.49. The van der Waals surface area contributed by atoms with Crippen LogP contribution in [0.3, 0.4) is 0 Å². The minimum atomic E-state index is -1.28. The van der Waals surface area contributed by atoms with Crippen molar-refractivity contribution in [1.82, 2.24) is 5.32 Å².